The van der Waals surface area contributed by atoms with E-state index in [4.69, 9.17) is 0 Å². The van der Waals surface area contributed by atoms with E-state index in [1.54, 1.807) is 12.1 Å². The van der Waals surface area contributed by atoms with Crippen molar-refractivity contribution in [2.24, 2.45) is 17.8 Å². The molecule has 1 aromatic rings. The Labute approximate surface area is 169 Å². The Kier molecular flexibility index (Phi) is 6.00. The van der Waals surface area contributed by atoms with Gasteiger partial charge in [0.2, 0.25) is 17.6 Å². The highest BCUT2D eigenvalue weighted by molar-refractivity contribution is 6.41. The van der Waals surface area contributed by atoms with Crippen molar-refractivity contribution in [1.29, 1.82) is 0 Å². The minimum atomic E-state index is -1.15. The molecule has 1 N–H and O–H groups in total. The molecule has 2 fully saturated rings. The lowest BCUT2D eigenvalue weighted by Crippen LogP contribution is -2.66. The zero-order chi connectivity index (χ0) is 21.3. The number of Topliss-reactive ketones (excluding diaryl/α,β-unsaturated/α-hetero) is 1. The molecule has 2 heterocycles. The van der Waals surface area contributed by atoms with Crippen molar-refractivity contribution < 1.29 is 23.6 Å². The number of fused-ring (bicyclic) bond motifs is 1. The number of likely N-dealkylation sites (N-methyl/N-ethyl adjacent to an activating group) is 1. The van der Waals surface area contributed by atoms with Gasteiger partial charge in [-0.1, -0.05) is 26.0 Å². The quantitative estimate of drug-likeness (QED) is 0.586. The Bertz CT molecular complexity index is 824. The van der Waals surface area contributed by atoms with Crippen LogP contribution in [0.15, 0.2) is 24.3 Å². The summed E-state index contributed by atoms with van der Waals surface area (Å²) in [7, 11) is 1.44. The summed E-state index contributed by atoms with van der Waals surface area (Å²) in [6.45, 7) is 4.96. The van der Waals surface area contributed by atoms with Crippen LogP contribution in [-0.2, 0) is 25.7 Å². The molecule has 3 atom stereocenters. The van der Waals surface area contributed by atoms with Crippen LogP contribution in [0, 0.1) is 23.6 Å². The van der Waals surface area contributed by atoms with Crippen LogP contribution in [0.2, 0.25) is 0 Å². The summed E-state index contributed by atoms with van der Waals surface area (Å²) < 4.78 is 13.1. The topological polar surface area (TPSA) is 86.8 Å². The van der Waals surface area contributed by atoms with Gasteiger partial charge in [-0.25, -0.2) is 4.39 Å². The maximum Gasteiger partial charge on any atom is 0.291 e. The molecule has 8 heteroatoms. The van der Waals surface area contributed by atoms with Crippen molar-refractivity contribution in [3.8, 4) is 0 Å². The third kappa shape index (κ3) is 4.16. The van der Waals surface area contributed by atoms with Crippen LogP contribution in [0.25, 0.3) is 0 Å². The van der Waals surface area contributed by atoms with Crippen LogP contribution in [0.5, 0.6) is 0 Å². The summed E-state index contributed by atoms with van der Waals surface area (Å²) in [5, 5.41) is 2.82. The third-order valence-corrected chi connectivity index (χ3v) is 5.61. The molecular weight excluding hydrogens is 377 g/mol. The molecule has 0 aliphatic carbocycles. The maximum atomic E-state index is 13.1. The van der Waals surface area contributed by atoms with Gasteiger partial charge in [0.25, 0.3) is 5.91 Å². The Hall–Kier alpha value is -2.77. The molecule has 0 bridgehead atoms. The highest BCUT2D eigenvalue weighted by Crippen LogP contribution is 2.35. The zero-order valence-corrected chi connectivity index (χ0v) is 16.9. The molecule has 1 aromatic carbocycles. The number of benzene rings is 1. The van der Waals surface area contributed by atoms with Crippen LogP contribution < -0.4 is 5.32 Å². The molecule has 3 unspecified atom stereocenters. The number of halogens is 1. The summed E-state index contributed by atoms with van der Waals surface area (Å²) in [5.74, 6) is -4.19. The molecule has 3 rings (SSSR count). The summed E-state index contributed by atoms with van der Waals surface area (Å²) in [6, 6.07) is 4.94. The Morgan fingerprint density at radius 3 is 2.48 bits per heavy atom. The standard InChI is InChI=1S/C21H26FN3O4/c1-12(2)10-23-19(27)17-15-8-9-25(11-13-4-6-14(22)7-5-13)20(28)16(15)18(26)21(29)24(17)3/h4-7,12,15-17H,8-11H2,1-3H3,(H,23,27). The van der Waals surface area contributed by atoms with E-state index >= 15 is 0 Å². The Morgan fingerprint density at radius 2 is 1.86 bits per heavy atom. The van der Waals surface area contributed by atoms with Gasteiger partial charge < -0.3 is 15.1 Å². The second-order valence-electron chi connectivity index (χ2n) is 8.18. The first-order valence-corrected chi connectivity index (χ1v) is 9.82. The molecule has 156 valence electrons. The summed E-state index contributed by atoms with van der Waals surface area (Å²) in [4.78, 5) is 53.6. The molecule has 7 nitrogen and oxygen atoms in total. The Morgan fingerprint density at radius 1 is 1.21 bits per heavy atom. The van der Waals surface area contributed by atoms with Gasteiger partial charge in [0.05, 0.1) is 0 Å². The van der Waals surface area contributed by atoms with E-state index in [0.29, 0.717) is 19.5 Å². The predicted molar refractivity (Wildman–Crippen MR) is 103 cm³/mol. The van der Waals surface area contributed by atoms with E-state index in [2.05, 4.69) is 5.32 Å². The van der Waals surface area contributed by atoms with E-state index in [0.717, 1.165) is 5.56 Å². The number of hydrogen-bond donors (Lipinski definition) is 1. The molecule has 2 aliphatic rings. The van der Waals surface area contributed by atoms with Crippen molar-refractivity contribution in [2.75, 3.05) is 20.1 Å². The fourth-order valence-corrected chi connectivity index (χ4v) is 4.08. The molecule has 2 saturated heterocycles. The number of amides is 3. The number of ketones is 1. The lowest BCUT2D eigenvalue weighted by Gasteiger charge is -2.46. The second kappa shape index (κ2) is 8.31. The molecule has 0 saturated carbocycles. The van der Waals surface area contributed by atoms with Crippen LogP contribution in [0.1, 0.15) is 25.8 Å². The van der Waals surface area contributed by atoms with Crippen LogP contribution >= 0.6 is 0 Å². The molecule has 0 spiro atoms. The molecule has 2 aliphatic heterocycles. The molecule has 0 radical (unpaired) electrons. The fourth-order valence-electron chi connectivity index (χ4n) is 4.08. The number of carbonyl (C=O) groups is 4. The van der Waals surface area contributed by atoms with Crippen molar-refractivity contribution in [3.63, 3.8) is 0 Å². The van der Waals surface area contributed by atoms with Gasteiger partial charge in [0.15, 0.2) is 0 Å². The fraction of sp³-hybridized carbons (Fsp3) is 0.524. The smallest absolute Gasteiger partial charge is 0.291 e. The molecule has 0 aromatic heterocycles. The number of nitrogens with one attached hydrogen (secondary N) is 1. The van der Waals surface area contributed by atoms with Gasteiger partial charge >= 0.3 is 0 Å². The summed E-state index contributed by atoms with van der Waals surface area (Å²) in [6.07, 6.45) is 0.431. The van der Waals surface area contributed by atoms with Crippen LogP contribution in [0.4, 0.5) is 4.39 Å². The zero-order valence-electron chi connectivity index (χ0n) is 16.9. The van der Waals surface area contributed by atoms with E-state index in [-0.39, 0.29) is 24.2 Å². The van der Waals surface area contributed by atoms with E-state index in [9.17, 15) is 23.6 Å². The van der Waals surface area contributed by atoms with Gasteiger partial charge in [-0.3, -0.25) is 19.2 Å². The first-order valence-electron chi connectivity index (χ1n) is 9.82. The second-order valence-corrected chi connectivity index (χ2v) is 8.18. The number of likely N-dealkylation sites (tertiary alicyclic amines) is 2. The summed E-state index contributed by atoms with van der Waals surface area (Å²) >= 11 is 0. The van der Waals surface area contributed by atoms with E-state index in [1.807, 2.05) is 13.8 Å². The number of rotatable bonds is 5. The molecular formula is C21H26FN3O4. The lowest BCUT2D eigenvalue weighted by atomic mass is 9.73. The minimum absolute atomic E-state index is 0.226. The van der Waals surface area contributed by atoms with Gasteiger partial charge in [0, 0.05) is 32.6 Å². The van der Waals surface area contributed by atoms with Gasteiger partial charge in [-0.05, 0) is 30.0 Å². The van der Waals surface area contributed by atoms with E-state index in [1.165, 1.54) is 29.0 Å². The molecule has 29 heavy (non-hydrogen) atoms. The maximum absolute atomic E-state index is 13.1. The highest BCUT2D eigenvalue weighted by atomic mass is 19.1. The number of piperidine rings is 2. The predicted octanol–water partition coefficient (Wildman–Crippen LogP) is 0.972. The first-order chi connectivity index (χ1) is 13.7. The number of carbonyl (C=O) groups excluding carboxylic acids is 4. The van der Waals surface area contributed by atoms with E-state index < -0.39 is 35.5 Å². The van der Waals surface area contributed by atoms with Crippen LogP contribution in [-0.4, -0.2) is 59.5 Å². The van der Waals surface area contributed by atoms with Gasteiger partial charge in [0.1, 0.15) is 17.8 Å². The van der Waals surface area contributed by atoms with Crippen LogP contribution in [0.3, 0.4) is 0 Å². The van der Waals surface area contributed by atoms with Gasteiger partial charge in [-0.2, -0.15) is 0 Å². The largest absolute Gasteiger partial charge is 0.354 e. The number of nitrogens with zero attached hydrogens (tertiary/aromatic N) is 2. The van der Waals surface area contributed by atoms with Crippen molar-refractivity contribution >= 4 is 23.5 Å². The highest BCUT2D eigenvalue weighted by Gasteiger charge is 2.55. The molecule has 3 amide bonds. The third-order valence-electron chi connectivity index (χ3n) is 5.61. The SMILES string of the molecule is CC(C)CNC(=O)C1C2CCN(Cc3ccc(F)cc3)C(=O)C2C(=O)C(=O)N1C. The summed E-state index contributed by atoms with van der Waals surface area (Å²) in [5.41, 5.74) is 0.733. The van der Waals surface area contributed by atoms with Crippen molar-refractivity contribution in [3.05, 3.63) is 35.6 Å². The van der Waals surface area contributed by atoms with Gasteiger partial charge in [-0.15, -0.1) is 0 Å². The van der Waals surface area contributed by atoms with Crippen molar-refractivity contribution in [1.82, 2.24) is 15.1 Å². The van der Waals surface area contributed by atoms with Crippen molar-refractivity contribution in [2.45, 2.75) is 32.9 Å². The normalized spacial score (nSPS) is 24.7. The number of hydrogen-bond acceptors (Lipinski definition) is 4. The lowest BCUT2D eigenvalue weighted by molar-refractivity contribution is -0.166. The Balaban J connectivity index is 1.81. The minimum Gasteiger partial charge on any atom is -0.354 e. The average Bonchev–Trinajstić information content (AvgIpc) is 2.68. The first kappa shape index (κ1) is 21.0. The average molecular weight is 403 g/mol. The monoisotopic (exact) mass is 403 g/mol.